The van der Waals surface area contributed by atoms with Crippen LogP contribution in [0.25, 0.3) is 10.9 Å². The zero-order valence-corrected chi connectivity index (χ0v) is 13.8. The van der Waals surface area contributed by atoms with Crippen molar-refractivity contribution < 1.29 is 9.53 Å². The number of para-hydroxylation sites is 1. The summed E-state index contributed by atoms with van der Waals surface area (Å²) in [5.41, 5.74) is 3.16. The van der Waals surface area contributed by atoms with Crippen molar-refractivity contribution in [2.75, 3.05) is 24.6 Å². The van der Waals surface area contributed by atoms with Gasteiger partial charge in [-0.25, -0.2) is 4.79 Å². The molecule has 0 saturated carbocycles. The molecule has 2 heterocycles. The summed E-state index contributed by atoms with van der Waals surface area (Å²) >= 11 is 0. The number of amides is 2. The summed E-state index contributed by atoms with van der Waals surface area (Å²) in [6.45, 7) is 1.61. The van der Waals surface area contributed by atoms with Crippen molar-refractivity contribution in [1.82, 2.24) is 10.3 Å². The molecule has 1 aliphatic heterocycles. The number of urea groups is 1. The zero-order valence-electron chi connectivity index (χ0n) is 13.8. The minimum atomic E-state index is -0.0729. The number of carbonyl (C=O) groups is 1. The third-order valence-electron chi connectivity index (χ3n) is 4.35. The molecule has 0 unspecified atom stereocenters. The van der Waals surface area contributed by atoms with Crippen LogP contribution in [0.5, 0.6) is 5.75 Å². The molecule has 4 rings (SSSR count). The fourth-order valence-electron chi connectivity index (χ4n) is 3.11. The summed E-state index contributed by atoms with van der Waals surface area (Å²) in [6.07, 6.45) is 2.68. The standard InChI is InChI=1S/C20H19N3O2/c24-20(23-12-9-15-4-1-2-6-19(15)23)22-11-13-25-17-7-8-18-16(14-17)5-3-10-21-18/h1-8,10,14H,9,11-13H2,(H,22,24). The van der Waals surface area contributed by atoms with Crippen molar-refractivity contribution in [1.29, 1.82) is 0 Å². The molecule has 0 fully saturated rings. The van der Waals surface area contributed by atoms with E-state index in [1.807, 2.05) is 48.5 Å². The van der Waals surface area contributed by atoms with Gasteiger partial charge in [0.15, 0.2) is 0 Å². The summed E-state index contributed by atoms with van der Waals surface area (Å²) in [5.74, 6) is 0.779. The number of anilines is 1. The zero-order chi connectivity index (χ0) is 17.1. The monoisotopic (exact) mass is 333 g/mol. The van der Waals surface area contributed by atoms with Crippen molar-refractivity contribution in [3.63, 3.8) is 0 Å². The Morgan fingerprint density at radius 1 is 1.16 bits per heavy atom. The van der Waals surface area contributed by atoms with Gasteiger partial charge in [-0.2, -0.15) is 0 Å². The number of nitrogens with one attached hydrogen (secondary N) is 1. The van der Waals surface area contributed by atoms with E-state index in [1.165, 1.54) is 5.56 Å². The normalized spacial score (nSPS) is 12.9. The molecule has 0 radical (unpaired) electrons. The molecule has 0 atom stereocenters. The Kier molecular flexibility index (Phi) is 4.21. The summed E-state index contributed by atoms with van der Waals surface area (Å²) < 4.78 is 5.74. The molecule has 5 nitrogen and oxygen atoms in total. The summed E-state index contributed by atoms with van der Waals surface area (Å²) in [6, 6.07) is 17.6. The van der Waals surface area contributed by atoms with Gasteiger partial charge in [-0.05, 0) is 42.3 Å². The lowest BCUT2D eigenvalue weighted by Crippen LogP contribution is -2.40. The van der Waals surface area contributed by atoms with Gasteiger partial charge in [-0.1, -0.05) is 24.3 Å². The van der Waals surface area contributed by atoms with Crippen LogP contribution in [0.3, 0.4) is 0 Å². The van der Waals surface area contributed by atoms with E-state index in [0.717, 1.165) is 35.3 Å². The van der Waals surface area contributed by atoms with Gasteiger partial charge in [0.1, 0.15) is 12.4 Å². The molecule has 126 valence electrons. The van der Waals surface area contributed by atoms with Crippen molar-refractivity contribution in [3.8, 4) is 5.75 Å². The van der Waals surface area contributed by atoms with Crippen LogP contribution >= 0.6 is 0 Å². The molecule has 25 heavy (non-hydrogen) atoms. The van der Waals surface area contributed by atoms with Crippen LogP contribution in [0, 0.1) is 0 Å². The SMILES string of the molecule is O=C(NCCOc1ccc2ncccc2c1)N1CCc2ccccc21. The molecule has 3 aromatic rings. The first-order chi connectivity index (χ1) is 12.3. The van der Waals surface area contributed by atoms with E-state index in [0.29, 0.717) is 13.2 Å². The van der Waals surface area contributed by atoms with Gasteiger partial charge in [0, 0.05) is 23.8 Å². The number of hydrogen-bond acceptors (Lipinski definition) is 3. The minimum absolute atomic E-state index is 0.0729. The number of nitrogens with zero attached hydrogens (tertiary/aromatic N) is 2. The van der Waals surface area contributed by atoms with Gasteiger partial charge in [0.05, 0.1) is 12.1 Å². The topological polar surface area (TPSA) is 54.5 Å². The van der Waals surface area contributed by atoms with Gasteiger partial charge < -0.3 is 10.1 Å². The lowest BCUT2D eigenvalue weighted by molar-refractivity contribution is 0.242. The predicted molar refractivity (Wildman–Crippen MR) is 98.1 cm³/mol. The summed E-state index contributed by atoms with van der Waals surface area (Å²) in [7, 11) is 0. The van der Waals surface area contributed by atoms with E-state index in [9.17, 15) is 4.79 Å². The average Bonchev–Trinajstić information content (AvgIpc) is 3.09. The molecular formula is C20H19N3O2. The number of ether oxygens (including phenoxy) is 1. The highest BCUT2D eigenvalue weighted by Gasteiger charge is 2.23. The summed E-state index contributed by atoms with van der Waals surface area (Å²) in [5, 5.41) is 3.96. The van der Waals surface area contributed by atoms with Crippen molar-refractivity contribution in [3.05, 3.63) is 66.4 Å². The molecule has 0 spiro atoms. The molecule has 0 bridgehead atoms. The number of fused-ring (bicyclic) bond motifs is 2. The highest BCUT2D eigenvalue weighted by Crippen LogP contribution is 2.27. The maximum Gasteiger partial charge on any atom is 0.322 e. The molecule has 2 aromatic carbocycles. The first-order valence-electron chi connectivity index (χ1n) is 8.42. The second-order valence-electron chi connectivity index (χ2n) is 5.97. The fourth-order valence-corrected chi connectivity index (χ4v) is 3.11. The number of benzene rings is 2. The Hall–Kier alpha value is -3.08. The van der Waals surface area contributed by atoms with E-state index >= 15 is 0 Å². The van der Waals surface area contributed by atoms with Crippen LogP contribution in [0.4, 0.5) is 10.5 Å². The Morgan fingerprint density at radius 2 is 2.08 bits per heavy atom. The van der Waals surface area contributed by atoms with Crippen molar-refractivity contribution in [2.45, 2.75) is 6.42 Å². The highest BCUT2D eigenvalue weighted by molar-refractivity contribution is 5.94. The quantitative estimate of drug-likeness (QED) is 0.745. The second-order valence-corrected chi connectivity index (χ2v) is 5.97. The van der Waals surface area contributed by atoms with Gasteiger partial charge in [-0.3, -0.25) is 9.88 Å². The molecule has 0 saturated heterocycles. The Morgan fingerprint density at radius 3 is 3.04 bits per heavy atom. The maximum absolute atomic E-state index is 12.3. The number of carbonyl (C=O) groups excluding carboxylic acids is 1. The lowest BCUT2D eigenvalue weighted by atomic mass is 10.2. The Labute approximate surface area is 146 Å². The molecule has 0 aliphatic carbocycles. The van der Waals surface area contributed by atoms with Crippen molar-refractivity contribution in [2.24, 2.45) is 0 Å². The number of aromatic nitrogens is 1. The highest BCUT2D eigenvalue weighted by atomic mass is 16.5. The summed E-state index contributed by atoms with van der Waals surface area (Å²) in [4.78, 5) is 18.4. The van der Waals surface area contributed by atoms with E-state index in [4.69, 9.17) is 4.74 Å². The van der Waals surface area contributed by atoms with Gasteiger partial charge in [0.2, 0.25) is 0 Å². The molecule has 2 amide bonds. The van der Waals surface area contributed by atoms with E-state index < -0.39 is 0 Å². The van der Waals surface area contributed by atoms with E-state index in [-0.39, 0.29) is 6.03 Å². The van der Waals surface area contributed by atoms with Gasteiger partial charge in [-0.15, -0.1) is 0 Å². The van der Waals surface area contributed by atoms with Crippen LogP contribution in [0.2, 0.25) is 0 Å². The second kappa shape index (κ2) is 6.81. The smallest absolute Gasteiger partial charge is 0.322 e. The van der Waals surface area contributed by atoms with Crippen LogP contribution < -0.4 is 15.0 Å². The molecule has 1 aromatic heterocycles. The maximum atomic E-state index is 12.3. The number of hydrogen-bond donors (Lipinski definition) is 1. The first kappa shape index (κ1) is 15.4. The third-order valence-corrected chi connectivity index (χ3v) is 4.35. The van der Waals surface area contributed by atoms with Crippen LogP contribution in [-0.4, -0.2) is 30.7 Å². The lowest BCUT2D eigenvalue weighted by Gasteiger charge is -2.18. The van der Waals surface area contributed by atoms with Crippen molar-refractivity contribution >= 4 is 22.6 Å². The van der Waals surface area contributed by atoms with Gasteiger partial charge in [0.25, 0.3) is 0 Å². The van der Waals surface area contributed by atoms with Crippen LogP contribution in [0.1, 0.15) is 5.56 Å². The minimum Gasteiger partial charge on any atom is -0.492 e. The number of rotatable bonds is 4. The van der Waals surface area contributed by atoms with E-state index in [1.54, 1.807) is 11.1 Å². The van der Waals surface area contributed by atoms with Crippen LogP contribution in [0.15, 0.2) is 60.8 Å². The Balaban J connectivity index is 1.30. The molecule has 1 aliphatic rings. The largest absolute Gasteiger partial charge is 0.492 e. The first-order valence-corrected chi connectivity index (χ1v) is 8.42. The number of pyridine rings is 1. The fraction of sp³-hybridized carbons (Fsp3) is 0.200. The third kappa shape index (κ3) is 3.26. The molecule has 5 heteroatoms. The predicted octanol–water partition coefficient (Wildman–Crippen LogP) is 3.39. The average molecular weight is 333 g/mol. The van der Waals surface area contributed by atoms with E-state index in [2.05, 4.69) is 16.4 Å². The Bertz CT molecular complexity index is 910. The molecule has 1 N–H and O–H groups in total. The molecular weight excluding hydrogens is 314 g/mol. The van der Waals surface area contributed by atoms with Crippen LogP contribution in [-0.2, 0) is 6.42 Å². The van der Waals surface area contributed by atoms with Gasteiger partial charge >= 0.3 is 6.03 Å².